The summed E-state index contributed by atoms with van der Waals surface area (Å²) in [5.74, 6) is 2.60. The number of hydrogen-bond donors (Lipinski definition) is 2. The Balaban J connectivity index is 0.00000364. The molecule has 0 saturated heterocycles. The van der Waals surface area contributed by atoms with Crippen molar-refractivity contribution in [1.82, 2.24) is 20.8 Å². The van der Waals surface area contributed by atoms with E-state index >= 15 is 0 Å². The van der Waals surface area contributed by atoms with E-state index in [1.807, 2.05) is 0 Å². The van der Waals surface area contributed by atoms with Gasteiger partial charge >= 0.3 is 0 Å². The summed E-state index contributed by atoms with van der Waals surface area (Å²) in [6, 6.07) is 6.67. The Hall–Kier alpha value is -1.64. The highest BCUT2D eigenvalue weighted by atomic mass is 127. The minimum atomic E-state index is 0. The summed E-state index contributed by atoms with van der Waals surface area (Å²) in [4.78, 5) is 8.66. The first-order chi connectivity index (χ1) is 12.5. The number of aromatic nitrogens is 2. The minimum absolute atomic E-state index is 0. The number of benzene rings is 1. The summed E-state index contributed by atoms with van der Waals surface area (Å²) in [6.07, 6.45) is 2.66. The van der Waals surface area contributed by atoms with Gasteiger partial charge in [0.1, 0.15) is 0 Å². The highest BCUT2D eigenvalue weighted by molar-refractivity contribution is 14.0. The van der Waals surface area contributed by atoms with E-state index in [-0.39, 0.29) is 24.0 Å². The summed E-state index contributed by atoms with van der Waals surface area (Å²) in [6.45, 7) is 10.1. The van der Waals surface area contributed by atoms with E-state index in [9.17, 15) is 0 Å². The number of hydrogen-bond acceptors (Lipinski definition) is 4. The second-order valence-corrected chi connectivity index (χ2v) is 6.98. The lowest BCUT2D eigenvalue weighted by Crippen LogP contribution is -2.38. The number of nitrogens with one attached hydrogen (secondary N) is 2. The molecule has 0 fully saturated rings. The lowest BCUT2D eigenvalue weighted by molar-refractivity contribution is 0.368. The SMILES string of the molecule is CN=C(NCCCc1nc(C(C)C)no1)NCCc1cc(C)cc(C)c1.I. The average Bonchev–Trinajstić information content (AvgIpc) is 3.05. The molecule has 0 bridgehead atoms. The smallest absolute Gasteiger partial charge is 0.226 e. The molecule has 0 aliphatic carbocycles. The van der Waals surface area contributed by atoms with Crippen molar-refractivity contribution in [3.05, 3.63) is 46.6 Å². The highest BCUT2D eigenvalue weighted by Gasteiger charge is 2.09. The largest absolute Gasteiger partial charge is 0.356 e. The van der Waals surface area contributed by atoms with E-state index in [4.69, 9.17) is 4.52 Å². The van der Waals surface area contributed by atoms with Crippen LogP contribution >= 0.6 is 24.0 Å². The van der Waals surface area contributed by atoms with Gasteiger partial charge < -0.3 is 15.2 Å². The predicted molar refractivity (Wildman–Crippen MR) is 121 cm³/mol. The Morgan fingerprint density at radius 3 is 2.33 bits per heavy atom. The maximum absolute atomic E-state index is 5.26. The molecule has 2 N–H and O–H groups in total. The fraction of sp³-hybridized carbons (Fsp3) is 0.550. The van der Waals surface area contributed by atoms with Gasteiger partial charge in [0.15, 0.2) is 11.8 Å². The van der Waals surface area contributed by atoms with Gasteiger partial charge in [-0.3, -0.25) is 4.99 Å². The first-order valence-electron chi connectivity index (χ1n) is 9.32. The van der Waals surface area contributed by atoms with Crippen LogP contribution in [0, 0.1) is 13.8 Å². The maximum Gasteiger partial charge on any atom is 0.226 e. The monoisotopic (exact) mass is 485 g/mol. The summed E-state index contributed by atoms with van der Waals surface area (Å²) in [5, 5.41) is 10.7. The summed E-state index contributed by atoms with van der Waals surface area (Å²) < 4.78 is 5.26. The van der Waals surface area contributed by atoms with E-state index in [1.165, 1.54) is 16.7 Å². The first-order valence-corrected chi connectivity index (χ1v) is 9.32. The Morgan fingerprint density at radius 2 is 1.74 bits per heavy atom. The number of guanidine groups is 1. The van der Waals surface area contributed by atoms with E-state index in [0.29, 0.717) is 11.8 Å². The molecule has 1 heterocycles. The quantitative estimate of drug-likeness (QED) is 0.258. The van der Waals surface area contributed by atoms with E-state index < -0.39 is 0 Å². The molecule has 0 atom stereocenters. The molecule has 27 heavy (non-hydrogen) atoms. The maximum atomic E-state index is 5.26. The summed E-state index contributed by atoms with van der Waals surface area (Å²) >= 11 is 0. The summed E-state index contributed by atoms with van der Waals surface area (Å²) in [5.41, 5.74) is 3.97. The zero-order valence-corrected chi connectivity index (χ0v) is 19.3. The Bertz CT molecular complexity index is 707. The average molecular weight is 485 g/mol. The third kappa shape index (κ3) is 8.28. The van der Waals surface area contributed by atoms with Crippen molar-refractivity contribution in [1.29, 1.82) is 0 Å². The van der Waals surface area contributed by atoms with Crippen molar-refractivity contribution < 1.29 is 4.52 Å². The van der Waals surface area contributed by atoms with Crippen LogP contribution in [0.4, 0.5) is 0 Å². The molecule has 6 nitrogen and oxygen atoms in total. The van der Waals surface area contributed by atoms with Gasteiger partial charge in [0, 0.05) is 32.5 Å². The molecule has 1 aromatic carbocycles. The fourth-order valence-electron chi connectivity index (χ4n) is 2.81. The Kier molecular flexibility index (Phi) is 10.4. The molecule has 0 spiro atoms. The Morgan fingerprint density at radius 1 is 1.07 bits per heavy atom. The van der Waals surface area contributed by atoms with Crippen LogP contribution in [-0.2, 0) is 12.8 Å². The van der Waals surface area contributed by atoms with E-state index in [1.54, 1.807) is 7.05 Å². The molecule has 150 valence electrons. The molecule has 2 aromatic rings. The zero-order chi connectivity index (χ0) is 18.9. The van der Waals surface area contributed by atoms with Crippen molar-refractivity contribution in [2.45, 2.75) is 52.9 Å². The van der Waals surface area contributed by atoms with Crippen LogP contribution in [0.2, 0.25) is 0 Å². The van der Waals surface area contributed by atoms with Crippen LogP contribution < -0.4 is 10.6 Å². The van der Waals surface area contributed by atoms with Crippen LogP contribution in [0.15, 0.2) is 27.7 Å². The molecule has 1 aromatic heterocycles. The van der Waals surface area contributed by atoms with E-state index in [2.05, 4.69) is 71.7 Å². The molecule has 0 aliphatic rings. The van der Waals surface area contributed by atoms with Gasteiger partial charge in [-0.1, -0.05) is 48.3 Å². The number of nitrogens with zero attached hydrogens (tertiary/aromatic N) is 3. The van der Waals surface area contributed by atoms with E-state index in [0.717, 1.165) is 44.1 Å². The van der Waals surface area contributed by atoms with Crippen LogP contribution in [0.3, 0.4) is 0 Å². The minimum Gasteiger partial charge on any atom is -0.356 e. The second kappa shape index (κ2) is 11.9. The van der Waals surface area contributed by atoms with Crippen molar-refractivity contribution in [2.24, 2.45) is 4.99 Å². The molecule has 2 rings (SSSR count). The summed E-state index contributed by atoms with van der Waals surface area (Å²) in [7, 11) is 1.79. The van der Waals surface area contributed by atoms with Gasteiger partial charge in [-0.25, -0.2) is 0 Å². The highest BCUT2D eigenvalue weighted by Crippen LogP contribution is 2.10. The van der Waals surface area contributed by atoms with Crippen molar-refractivity contribution in [3.8, 4) is 0 Å². The zero-order valence-electron chi connectivity index (χ0n) is 17.0. The van der Waals surface area contributed by atoms with Crippen molar-refractivity contribution in [2.75, 3.05) is 20.1 Å². The fourth-order valence-corrected chi connectivity index (χ4v) is 2.81. The van der Waals surface area contributed by atoms with Gasteiger partial charge in [-0.05, 0) is 32.3 Å². The molecule has 0 radical (unpaired) electrons. The van der Waals surface area contributed by atoms with Gasteiger partial charge in [0.05, 0.1) is 0 Å². The van der Waals surface area contributed by atoms with Crippen molar-refractivity contribution in [3.63, 3.8) is 0 Å². The third-order valence-corrected chi connectivity index (χ3v) is 4.07. The van der Waals surface area contributed by atoms with Gasteiger partial charge in [0.25, 0.3) is 0 Å². The van der Waals surface area contributed by atoms with Crippen LogP contribution in [0.5, 0.6) is 0 Å². The molecule has 0 amide bonds. The topological polar surface area (TPSA) is 75.3 Å². The predicted octanol–water partition coefficient (Wildman–Crippen LogP) is 3.77. The number of rotatable bonds is 8. The lowest BCUT2D eigenvalue weighted by atomic mass is 10.1. The molecule has 0 saturated carbocycles. The molecular weight excluding hydrogens is 453 g/mol. The van der Waals surface area contributed by atoms with Crippen LogP contribution in [-0.4, -0.2) is 36.2 Å². The molecular formula is C20H32IN5O. The Labute approximate surface area is 179 Å². The lowest BCUT2D eigenvalue weighted by Gasteiger charge is -2.12. The standard InChI is InChI=1S/C20H31N5O.HI/c1-14(2)19-24-18(26-25-19)7-6-9-22-20(21-5)23-10-8-17-12-15(3)11-16(4)13-17;/h11-14H,6-10H2,1-5H3,(H2,21,22,23);1H. The van der Waals surface area contributed by atoms with Crippen LogP contribution in [0.1, 0.15) is 54.6 Å². The van der Waals surface area contributed by atoms with Gasteiger partial charge in [-0.2, -0.15) is 4.98 Å². The first kappa shape index (κ1) is 23.4. The third-order valence-electron chi connectivity index (χ3n) is 4.07. The van der Waals surface area contributed by atoms with Gasteiger partial charge in [-0.15, -0.1) is 24.0 Å². The van der Waals surface area contributed by atoms with Gasteiger partial charge in [0.2, 0.25) is 5.89 Å². The number of aryl methyl sites for hydroxylation is 3. The molecule has 7 heteroatoms. The second-order valence-electron chi connectivity index (χ2n) is 6.98. The number of halogens is 1. The normalized spacial score (nSPS) is 11.4. The van der Waals surface area contributed by atoms with Crippen LogP contribution in [0.25, 0.3) is 0 Å². The molecule has 0 aliphatic heterocycles. The molecule has 0 unspecified atom stereocenters. The number of aliphatic imine (C=N–C) groups is 1. The van der Waals surface area contributed by atoms with Crippen molar-refractivity contribution >= 4 is 29.9 Å².